The maximum atomic E-state index is 13.1. The Kier molecular flexibility index (Phi) is 9.00. The molecule has 2 N–H and O–H groups in total. The first kappa shape index (κ1) is 28.6. The molecule has 0 saturated carbocycles. The van der Waals surface area contributed by atoms with Crippen molar-refractivity contribution in [3.05, 3.63) is 92.5 Å². The first-order valence-corrected chi connectivity index (χ1v) is 13.1. The van der Waals surface area contributed by atoms with E-state index in [9.17, 15) is 19.7 Å². The highest BCUT2D eigenvalue weighted by Crippen LogP contribution is 2.33. The topological polar surface area (TPSA) is 123 Å². The van der Waals surface area contributed by atoms with Crippen molar-refractivity contribution >= 4 is 23.2 Å². The molecule has 0 aliphatic carbocycles. The van der Waals surface area contributed by atoms with Gasteiger partial charge >= 0.3 is 0 Å². The highest BCUT2D eigenvalue weighted by molar-refractivity contribution is 6.09. The van der Waals surface area contributed by atoms with Gasteiger partial charge in [-0.15, -0.1) is 0 Å². The molecule has 0 radical (unpaired) electrons. The number of hydrogen-bond donors (Lipinski definition) is 2. The fourth-order valence-electron chi connectivity index (χ4n) is 4.72. The molecule has 3 aromatic rings. The summed E-state index contributed by atoms with van der Waals surface area (Å²) in [6, 6.07) is 15.0. The molecule has 1 aliphatic rings. The first-order chi connectivity index (χ1) is 19.2. The van der Waals surface area contributed by atoms with Gasteiger partial charge in [-0.3, -0.25) is 24.6 Å². The molecule has 1 aliphatic heterocycles. The maximum Gasteiger partial charge on any atom is 0.271 e. The van der Waals surface area contributed by atoms with Crippen molar-refractivity contribution < 1.29 is 24.0 Å². The van der Waals surface area contributed by atoms with Crippen molar-refractivity contribution in [2.75, 3.05) is 39.2 Å². The van der Waals surface area contributed by atoms with Crippen LogP contribution in [0.4, 0.5) is 11.4 Å². The van der Waals surface area contributed by atoms with Crippen LogP contribution in [0.25, 0.3) is 0 Å². The Morgan fingerprint density at radius 2 is 1.65 bits per heavy atom. The second kappa shape index (κ2) is 12.6. The Morgan fingerprint density at radius 3 is 2.27 bits per heavy atom. The zero-order chi connectivity index (χ0) is 28.8. The zero-order valence-corrected chi connectivity index (χ0v) is 23.2. The molecular formula is C30H34N4O6. The highest BCUT2D eigenvalue weighted by atomic mass is 16.6. The van der Waals surface area contributed by atoms with Gasteiger partial charge in [0, 0.05) is 43.9 Å². The van der Waals surface area contributed by atoms with Gasteiger partial charge in [0.25, 0.3) is 17.5 Å². The number of amides is 2. The predicted molar refractivity (Wildman–Crippen MR) is 152 cm³/mol. The summed E-state index contributed by atoms with van der Waals surface area (Å²) in [5, 5.41) is 16.9. The summed E-state index contributed by atoms with van der Waals surface area (Å²) in [6.07, 6.45) is 0.848. The largest absolute Gasteiger partial charge is 0.493 e. The van der Waals surface area contributed by atoms with Gasteiger partial charge in [-0.25, -0.2) is 0 Å². The Bertz CT molecular complexity index is 1400. The van der Waals surface area contributed by atoms with Crippen LogP contribution in [0.1, 0.15) is 57.2 Å². The van der Waals surface area contributed by atoms with Gasteiger partial charge in [0.1, 0.15) is 0 Å². The molecule has 210 valence electrons. The summed E-state index contributed by atoms with van der Waals surface area (Å²) >= 11 is 0. The number of fused-ring (bicyclic) bond motifs is 1. The molecule has 0 unspecified atom stereocenters. The van der Waals surface area contributed by atoms with Crippen LogP contribution in [-0.4, -0.2) is 55.5 Å². The summed E-state index contributed by atoms with van der Waals surface area (Å²) in [4.78, 5) is 39.1. The standard InChI is InChI=1S/C30H34N4O6/c1-19(2)20-5-7-21(8-6-20)29(35)32-26-17-24(34(37)38)9-10-25(26)30(36)31-12-14-33-13-11-22-15-27(39-3)28(40-4)16-23(22)18-33/h5-10,15-17,19H,11-14,18H2,1-4H3,(H,31,36)(H,32,35). The van der Waals surface area contributed by atoms with E-state index in [0.29, 0.717) is 42.6 Å². The molecule has 0 saturated heterocycles. The summed E-state index contributed by atoms with van der Waals surface area (Å²) in [5.74, 6) is 0.823. The second-order valence-electron chi connectivity index (χ2n) is 9.98. The van der Waals surface area contributed by atoms with Crippen LogP contribution >= 0.6 is 0 Å². The van der Waals surface area contributed by atoms with E-state index < -0.39 is 16.7 Å². The number of nitrogens with one attached hydrogen (secondary N) is 2. The Hall–Kier alpha value is -4.44. The lowest BCUT2D eigenvalue weighted by atomic mass is 9.99. The number of carbonyl (C=O) groups is 2. The monoisotopic (exact) mass is 546 g/mol. The SMILES string of the molecule is COc1cc2c(cc1OC)CN(CCNC(=O)c1ccc([N+](=O)[O-])cc1NC(=O)c1ccc(C(C)C)cc1)CC2. The summed E-state index contributed by atoms with van der Waals surface area (Å²) in [5.41, 5.74) is 3.85. The third-order valence-corrected chi connectivity index (χ3v) is 7.06. The average molecular weight is 547 g/mol. The summed E-state index contributed by atoms with van der Waals surface area (Å²) in [6.45, 7) is 6.62. The van der Waals surface area contributed by atoms with Crippen molar-refractivity contribution in [1.29, 1.82) is 0 Å². The smallest absolute Gasteiger partial charge is 0.271 e. The van der Waals surface area contributed by atoms with E-state index in [4.69, 9.17) is 9.47 Å². The van der Waals surface area contributed by atoms with E-state index in [2.05, 4.69) is 29.4 Å². The molecule has 0 spiro atoms. The van der Waals surface area contributed by atoms with Gasteiger partial charge in [-0.1, -0.05) is 26.0 Å². The van der Waals surface area contributed by atoms with E-state index in [0.717, 1.165) is 24.1 Å². The summed E-state index contributed by atoms with van der Waals surface area (Å²) in [7, 11) is 3.23. The fraction of sp³-hybridized carbons (Fsp3) is 0.333. The number of carbonyl (C=O) groups excluding carboxylic acids is 2. The zero-order valence-electron chi connectivity index (χ0n) is 23.2. The van der Waals surface area contributed by atoms with Crippen LogP contribution < -0.4 is 20.1 Å². The molecule has 0 aromatic heterocycles. The number of benzene rings is 3. The number of nitrogens with zero attached hydrogens (tertiary/aromatic N) is 2. The molecule has 40 heavy (non-hydrogen) atoms. The van der Waals surface area contributed by atoms with Gasteiger partial charge < -0.3 is 20.1 Å². The highest BCUT2D eigenvalue weighted by Gasteiger charge is 2.21. The number of nitro groups is 1. The lowest BCUT2D eigenvalue weighted by molar-refractivity contribution is -0.384. The van der Waals surface area contributed by atoms with Gasteiger partial charge in [0.05, 0.1) is 30.4 Å². The van der Waals surface area contributed by atoms with Crippen LogP contribution in [0, 0.1) is 10.1 Å². The van der Waals surface area contributed by atoms with E-state index in [1.165, 1.54) is 23.8 Å². The van der Waals surface area contributed by atoms with Gasteiger partial charge in [0.15, 0.2) is 11.5 Å². The van der Waals surface area contributed by atoms with Crippen LogP contribution in [0.3, 0.4) is 0 Å². The van der Waals surface area contributed by atoms with E-state index in [1.807, 2.05) is 24.3 Å². The minimum absolute atomic E-state index is 0.0811. The molecule has 0 atom stereocenters. The number of hydrogen-bond acceptors (Lipinski definition) is 7. The minimum Gasteiger partial charge on any atom is -0.493 e. The molecule has 3 aromatic carbocycles. The van der Waals surface area contributed by atoms with Gasteiger partial charge in [-0.2, -0.15) is 0 Å². The van der Waals surface area contributed by atoms with E-state index in [-0.39, 0.29) is 16.9 Å². The molecule has 1 heterocycles. The van der Waals surface area contributed by atoms with E-state index in [1.54, 1.807) is 26.4 Å². The van der Waals surface area contributed by atoms with Crippen LogP contribution in [-0.2, 0) is 13.0 Å². The number of methoxy groups -OCH3 is 2. The van der Waals surface area contributed by atoms with Crippen LogP contribution in [0.5, 0.6) is 11.5 Å². The van der Waals surface area contributed by atoms with Crippen molar-refractivity contribution in [3.8, 4) is 11.5 Å². The number of rotatable bonds is 10. The van der Waals surface area contributed by atoms with Gasteiger partial charge in [-0.05, 0) is 59.4 Å². The minimum atomic E-state index is -0.562. The second-order valence-corrected chi connectivity index (χ2v) is 9.98. The van der Waals surface area contributed by atoms with Crippen molar-refractivity contribution in [3.63, 3.8) is 0 Å². The molecule has 2 amide bonds. The van der Waals surface area contributed by atoms with Crippen molar-refractivity contribution in [1.82, 2.24) is 10.2 Å². The molecular weight excluding hydrogens is 512 g/mol. The van der Waals surface area contributed by atoms with Crippen molar-refractivity contribution in [2.24, 2.45) is 0 Å². The van der Waals surface area contributed by atoms with Crippen LogP contribution in [0.2, 0.25) is 0 Å². The molecule has 4 rings (SSSR count). The molecule has 10 nitrogen and oxygen atoms in total. The Balaban J connectivity index is 1.42. The van der Waals surface area contributed by atoms with Crippen LogP contribution in [0.15, 0.2) is 54.6 Å². The maximum absolute atomic E-state index is 13.1. The van der Waals surface area contributed by atoms with E-state index >= 15 is 0 Å². The Labute approximate surface area is 233 Å². The lowest BCUT2D eigenvalue weighted by Gasteiger charge is -2.29. The predicted octanol–water partition coefficient (Wildman–Crippen LogP) is 4.78. The molecule has 0 bridgehead atoms. The lowest BCUT2D eigenvalue weighted by Crippen LogP contribution is -2.38. The number of anilines is 1. The number of non-ortho nitro benzene ring substituents is 1. The normalized spacial score (nSPS) is 12.9. The fourth-order valence-corrected chi connectivity index (χ4v) is 4.72. The third-order valence-electron chi connectivity index (χ3n) is 7.06. The van der Waals surface area contributed by atoms with Gasteiger partial charge in [0.2, 0.25) is 0 Å². The number of nitro benzene ring substituents is 1. The average Bonchev–Trinajstić information content (AvgIpc) is 2.96. The first-order valence-electron chi connectivity index (χ1n) is 13.1. The van der Waals surface area contributed by atoms with Crippen molar-refractivity contribution in [2.45, 2.75) is 32.7 Å². The summed E-state index contributed by atoms with van der Waals surface area (Å²) < 4.78 is 10.8. The molecule has 10 heteroatoms. The number of ether oxygens (including phenoxy) is 2. The molecule has 0 fully saturated rings. The quantitative estimate of drug-likeness (QED) is 0.277. The third kappa shape index (κ3) is 6.58. The Morgan fingerprint density at radius 1 is 0.975 bits per heavy atom.